The summed E-state index contributed by atoms with van der Waals surface area (Å²) in [6, 6.07) is 7.54. The fourth-order valence-electron chi connectivity index (χ4n) is 1.39. The number of halogens is 2. The molecule has 98 valence electrons. The highest BCUT2D eigenvalue weighted by Crippen LogP contribution is 2.37. The minimum atomic E-state index is -3.53. The molecule has 18 heavy (non-hydrogen) atoms. The molecular weight excluding hydrogens is 242 g/mol. The van der Waals surface area contributed by atoms with E-state index in [0.717, 1.165) is 14.0 Å². The molecule has 1 rings (SSSR count). The molecule has 0 fully saturated rings. The number of benzene rings is 1. The summed E-state index contributed by atoms with van der Waals surface area (Å²) >= 11 is 0. The van der Waals surface area contributed by atoms with Crippen LogP contribution in [-0.4, -0.2) is 24.1 Å². The number of aliphatic hydroxyl groups is 1. The van der Waals surface area contributed by atoms with Crippen LogP contribution in [0.1, 0.15) is 18.6 Å². The van der Waals surface area contributed by atoms with E-state index in [9.17, 15) is 18.7 Å². The molecule has 0 aromatic heterocycles. The largest absolute Gasteiger partial charge is 0.466 e. The SMILES string of the molecule is COC(=O)/C=C(/C)C(F)(F)C(O)c1ccccc1. The van der Waals surface area contributed by atoms with E-state index in [1.807, 2.05) is 0 Å². The van der Waals surface area contributed by atoms with Gasteiger partial charge in [-0.1, -0.05) is 30.3 Å². The molecule has 0 heterocycles. The number of methoxy groups -OCH3 is 1. The molecule has 1 aromatic carbocycles. The molecule has 1 unspecified atom stereocenters. The van der Waals surface area contributed by atoms with Crippen LogP contribution < -0.4 is 0 Å². The van der Waals surface area contributed by atoms with E-state index in [-0.39, 0.29) is 5.56 Å². The monoisotopic (exact) mass is 256 g/mol. The van der Waals surface area contributed by atoms with Crippen molar-refractivity contribution in [2.24, 2.45) is 0 Å². The number of aliphatic hydroxyl groups excluding tert-OH is 1. The van der Waals surface area contributed by atoms with E-state index in [1.165, 1.54) is 12.1 Å². The van der Waals surface area contributed by atoms with Gasteiger partial charge in [-0.3, -0.25) is 0 Å². The van der Waals surface area contributed by atoms with Crippen molar-refractivity contribution >= 4 is 5.97 Å². The van der Waals surface area contributed by atoms with Gasteiger partial charge in [0.2, 0.25) is 0 Å². The van der Waals surface area contributed by atoms with Crippen molar-refractivity contribution in [1.82, 2.24) is 0 Å². The van der Waals surface area contributed by atoms with Crippen LogP contribution in [-0.2, 0) is 9.53 Å². The van der Waals surface area contributed by atoms with Gasteiger partial charge in [0.25, 0.3) is 5.92 Å². The maximum absolute atomic E-state index is 13.9. The lowest BCUT2D eigenvalue weighted by Crippen LogP contribution is -2.28. The molecule has 1 N–H and O–H groups in total. The maximum atomic E-state index is 13.9. The average molecular weight is 256 g/mol. The molecule has 0 spiro atoms. The van der Waals surface area contributed by atoms with E-state index < -0.39 is 23.6 Å². The number of carbonyl (C=O) groups excluding carboxylic acids is 1. The maximum Gasteiger partial charge on any atom is 0.330 e. The van der Waals surface area contributed by atoms with Crippen LogP contribution in [0.25, 0.3) is 0 Å². The summed E-state index contributed by atoms with van der Waals surface area (Å²) in [5.74, 6) is -4.41. The lowest BCUT2D eigenvalue weighted by molar-refractivity contribution is -0.135. The van der Waals surface area contributed by atoms with Crippen LogP contribution >= 0.6 is 0 Å². The Hall–Kier alpha value is -1.75. The summed E-state index contributed by atoms with van der Waals surface area (Å²) in [5, 5.41) is 9.66. The van der Waals surface area contributed by atoms with Crippen molar-refractivity contribution in [2.75, 3.05) is 7.11 Å². The molecule has 0 amide bonds. The van der Waals surface area contributed by atoms with Crippen LogP contribution in [0.5, 0.6) is 0 Å². The van der Waals surface area contributed by atoms with Crippen LogP contribution in [0.4, 0.5) is 8.78 Å². The molecule has 0 saturated carbocycles. The van der Waals surface area contributed by atoms with Gasteiger partial charge in [-0.15, -0.1) is 0 Å². The van der Waals surface area contributed by atoms with Crippen molar-refractivity contribution in [3.05, 3.63) is 47.5 Å². The molecule has 0 radical (unpaired) electrons. The van der Waals surface area contributed by atoms with E-state index >= 15 is 0 Å². The summed E-state index contributed by atoms with van der Waals surface area (Å²) in [7, 11) is 1.10. The molecule has 0 saturated heterocycles. The first-order chi connectivity index (χ1) is 8.39. The van der Waals surface area contributed by atoms with Crippen molar-refractivity contribution in [2.45, 2.75) is 19.0 Å². The van der Waals surface area contributed by atoms with Crippen LogP contribution in [0.2, 0.25) is 0 Å². The highest BCUT2D eigenvalue weighted by molar-refractivity contribution is 5.82. The summed E-state index contributed by atoms with van der Waals surface area (Å²) in [5.41, 5.74) is -0.467. The number of esters is 1. The van der Waals surface area contributed by atoms with Crippen molar-refractivity contribution in [1.29, 1.82) is 0 Å². The zero-order valence-electron chi connectivity index (χ0n) is 10.1. The topological polar surface area (TPSA) is 46.5 Å². The molecular formula is C13H14F2O3. The molecule has 3 nitrogen and oxygen atoms in total. The first-order valence-corrected chi connectivity index (χ1v) is 5.27. The zero-order chi connectivity index (χ0) is 13.8. The second-order valence-corrected chi connectivity index (χ2v) is 3.79. The number of carbonyl (C=O) groups is 1. The minimum Gasteiger partial charge on any atom is -0.466 e. The van der Waals surface area contributed by atoms with Gasteiger partial charge in [-0.05, 0) is 12.5 Å². The normalized spacial score (nSPS) is 14.2. The summed E-state index contributed by atoms with van der Waals surface area (Å²) in [6.07, 6.45) is -1.33. The third-order valence-electron chi connectivity index (χ3n) is 2.52. The van der Waals surface area contributed by atoms with E-state index in [2.05, 4.69) is 4.74 Å². The third-order valence-corrected chi connectivity index (χ3v) is 2.52. The van der Waals surface area contributed by atoms with Crippen molar-refractivity contribution in [3.63, 3.8) is 0 Å². The Morgan fingerprint density at radius 2 is 1.94 bits per heavy atom. The van der Waals surface area contributed by atoms with Gasteiger partial charge >= 0.3 is 5.97 Å². The highest BCUT2D eigenvalue weighted by Gasteiger charge is 2.41. The first kappa shape index (κ1) is 14.3. The molecule has 0 aliphatic rings. The Kier molecular flexibility index (Phi) is 4.55. The highest BCUT2D eigenvalue weighted by atomic mass is 19.3. The molecule has 0 aliphatic carbocycles. The van der Waals surface area contributed by atoms with E-state index in [1.54, 1.807) is 18.2 Å². The van der Waals surface area contributed by atoms with Crippen molar-refractivity contribution in [3.8, 4) is 0 Å². The fraction of sp³-hybridized carbons (Fsp3) is 0.308. The summed E-state index contributed by atoms with van der Waals surface area (Å²) < 4.78 is 32.0. The Bertz CT molecular complexity index is 441. The number of hydrogen-bond acceptors (Lipinski definition) is 3. The second kappa shape index (κ2) is 5.73. The Balaban J connectivity index is 2.99. The lowest BCUT2D eigenvalue weighted by Gasteiger charge is -2.23. The average Bonchev–Trinajstić information content (AvgIpc) is 2.38. The van der Waals surface area contributed by atoms with Gasteiger partial charge in [0, 0.05) is 11.6 Å². The van der Waals surface area contributed by atoms with Crippen LogP contribution in [0.15, 0.2) is 42.0 Å². The molecule has 0 bridgehead atoms. The molecule has 5 heteroatoms. The van der Waals surface area contributed by atoms with Gasteiger partial charge in [0.05, 0.1) is 7.11 Å². The van der Waals surface area contributed by atoms with Gasteiger partial charge in [0.15, 0.2) is 0 Å². The minimum absolute atomic E-state index is 0.0834. The Labute approximate surface area is 104 Å². The Morgan fingerprint density at radius 1 is 1.39 bits per heavy atom. The smallest absolute Gasteiger partial charge is 0.330 e. The predicted octanol–water partition coefficient (Wildman–Crippen LogP) is 2.47. The molecule has 1 atom stereocenters. The van der Waals surface area contributed by atoms with E-state index in [4.69, 9.17) is 0 Å². The lowest BCUT2D eigenvalue weighted by atomic mass is 9.98. The summed E-state index contributed by atoms with van der Waals surface area (Å²) in [4.78, 5) is 10.9. The third kappa shape index (κ3) is 3.13. The number of hydrogen-bond donors (Lipinski definition) is 1. The molecule has 0 aliphatic heterocycles. The number of rotatable bonds is 4. The van der Waals surface area contributed by atoms with Gasteiger partial charge in [0.1, 0.15) is 6.10 Å². The fourth-order valence-corrected chi connectivity index (χ4v) is 1.39. The van der Waals surface area contributed by atoms with Gasteiger partial charge in [-0.2, -0.15) is 8.78 Å². The Morgan fingerprint density at radius 3 is 2.44 bits per heavy atom. The second-order valence-electron chi connectivity index (χ2n) is 3.79. The van der Waals surface area contributed by atoms with E-state index in [0.29, 0.717) is 6.08 Å². The van der Waals surface area contributed by atoms with Crippen molar-refractivity contribution < 1.29 is 23.4 Å². The van der Waals surface area contributed by atoms with Crippen LogP contribution in [0, 0.1) is 0 Å². The number of alkyl halides is 2. The van der Waals surface area contributed by atoms with Gasteiger partial charge in [-0.25, -0.2) is 4.79 Å². The quantitative estimate of drug-likeness (QED) is 0.665. The predicted molar refractivity (Wildman–Crippen MR) is 62.1 cm³/mol. The standard InChI is InChI=1S/C13H14F2O3/c1-9(8-11(16)18-2)13(14,15)12(17)10-6-4-3-5-7-10/h3-8,12,17H,1-2H3/b9-8-. The van der Waals surface area contributed by atoms with Gasteiger partial charge < -0.3 is 9.84 Å². The zero-order valence-corrected chi connectivity index (χ0v) is 10.1. The number of ether oxygens (including phenoxy) is 1. The summed E-state index contributed by atoms with van der Waals surface area (Å²) in [6.45, 7) is 1.07. The molecule has 1 aromatic rings. The van der Waals surface area contributed by atoms with Crippen LogP contribution in [0.3, 0.4) is 0 Å². The first-order valence-electron chi connectivity index (χ1n) is 5.27.